The normalized spacial score (nSPS) is 11.6. The van der Waals surface area contributed by atoms with Crippen LogP contribution in [-0.2, 0) is 0 Å². The van der Waals surface area contributed by atoms with Crippen LogP contribution in [0.25, 0.3) is 0 Å². The Kier molecular flexibility index (Phi) is 4.72. The zero-order chi connectivity index (χ0) is 15.7. The predicted molar refractivity (Wildman–Crippen MR) is 87.4 cm³/mol. The Bertz CT molecular complexity index is 786. The molecule has 0 spiro atoms. The lowest BCUT2D eigenvalue weighted by molar-refractivity contribution is 1.20. The molecule has 3 rings (SSSR count). The average molecular weight is 303 g/mol. The molecular weight excluding hydrogens is 290 g/mol. The molecule has 1 N–H and O–H groups in total. The van der Waals surface area contributed by atoms with Crippen LogP contribution in [0.5, 0.6) is 0 Å². The van der Waals surface area contributed by atoms with E-state index in [0.717, 1.165) is 11.3 Å². The fourth-order valence-corrected chi connectivity index (χ4v) is 1.71. The Morgan fingerprint density at radius 1 is 0.739 bits per heavy atom. The maximum atomic E-state index is 4.31. The number of hydrazone groups is 1. The highest BCUT2D eigenvalue weighted by atomic mass is 15.3. The maximum Gasteiger partial charge on any atom is 0.201 e. The van der Waals surface area contributed by atoms with Gasteiger partial charge in [0.2, 0.25) is 5.84 Å². The van der Waals surface area contributed by atoms with Crippen LogP contribution >= 0.6 is 0 Å². The van der Waals surface area contributed by atoms with Crippen LogP contribution in [0.1, 0.15) is 5.56 Å². The van der Waals surface area contributed by atoms with Gasteiger partial charge in [0.05, 0.1) is 11.4 Å². The van der Waals surface area contributed by atoms with E-state index in [0.29, 0.717) is 11.5 Å². The summed E-state index contributed by atoms with van der Waals surface area (Å²) in [5, 5.41) is 12.7. The van der Waals surface area contributed by atoms with Crippen LogP contribution in [0.15, 0.2) is 88.9 Å². The smallest absolute Gasteiger partial charge is 0.201 e. The van der Waals surface area contributed by atoms with Gasteiger partial charge in [-0.25, -0.2) is 0 Å². The first-order valence-corrected chi connectivity index (χ1v) is 6.88. The van der Waals surface area contributed by atoms with E-state index in [9.17, 15) is 0 Å². The summed E-state index contributed by atoms with van der Waals surface area (Å²) in [6.45, 7) is 0. The summed E-state index contributed by atoms with van der Waals surface area (Å²) in [5.41, 5.74) is 5.26. The minimum absolute atomic E-state index is 0.445. The molecule has 0 fully saturated rings. The Labute approximate surface area is 132 Å². The van der Waals surface area contributed by atoms with E-state index in [1.807, 2.05) is 24.3 Å². The lowest BCUT2D eigenvalue weighted by atomic mass is 10.2. The molecule has 0 aliphatic heterocycles. The standard InChI is InChI=1S/C16H13N7/c1-7-17-8-2-13(1)16(22-20-14-3-9-18-10-4-14)23-21-15-5-11-19-12-6-15/h1-12H,(H,18,20)/b22-16-,23-21?. The highest BCUT2D eigenvalue weighted by molar-refractivity contribution is 5.99. The van der Waals surface area contributed by atoms with Crippen LogP contribution in [0.4, 0.5) is 11.4 Å². The van der Waals surface area contributed by atoms with E-state index in [2.05, 4.69) is 35.7 Å². The van der Waals surface area contributed by atoms with Crippen molar-refractivity contribution in [2.75, 3.05) is 5.43 Å². The van der Waals surface area contributed by atoms with Crippen molar-refractivity contribution in [3.05, 3.63) is 79.1 Å². The highest BCUT2D eigenvalue weighted by Crippen LogP contribution is 2.12. The molecule has 3 heterocycles. The first kappa shape index (κ1) is 14.5. The van der Waals surface area contributed by atoms with Crippen LogP contribution in [-0.4, -0.2) is 20.8 Å². The van der Waals surface area contributed by atoms with Gasteiger partial charge in [-0.05, 0) is 36.4 Å². The monoisotopic (exact) mass is 303 g/mol. The minimum Gasteiger partial charge on any atom is -0.276 e. The molecule has 0 aliphatic rings. The Morgan fingerprint density at radius 2 is 1.30 bits per heavy atom. The number of azo groups is 1. The summed E-state index contributed by atoms with van der Waals surface area (Å²) in [6.07, 6.45) is 10.0. The molecule has 0 saturated carbocycles. The van der Waals surface area contributed by atoms with Gasteiger partial charge in [-0.1, -0.05) is 0 Å². The summed E-state index contributed by atoms with van der Waals surface area (Å²) < 4.78 is 0. The van der Waals surface area contributed by atoms with Crippen molar-refractivity contribution in [3.8, 4) is 0 Å². The first-order chi connectivity index (χ1) is 11.4. The lowest BCUT2D eigenvalue weighted by Gasteiger charge is -2.02. The van der Waals surface area contributed by atoms with Crippen LogP contribution in [0.3, 0.4) is 0 Å². The van der Waals surface area contributed by atoms with E-state index in [1.165, 1.54) is 0 Å². The molecule has 0 radical (unpaired) electrons. The number of rotatable bonds is 4. The van der Waals surface area contributed by atoms with E-state index in [4.69, 9.17) is 0 Å². The molecule has 0 aromatic carbocycles. The SMILES string of the molecule is c1cc(N=N/C(=N\Nc2ccncc2)c2ccncc2)ccn1. The summed E-state index contributed by atoms with van der Waals surface area (Å²) in [4.78, 5) is 11.9. The average Bonchev–Trinajstić information content (AvgIpc) is 2.64. The Morgan fingerprint density at radius 3 is 1.96 bits per heavy atom. The second kappa shape index (κ2) is 7.51. The van der Waals surface area contributed by atoms with Crippen molar-refractivity contribution < 1.29 is 0 Å². The molecular formula is C16H13N7. The molecule has 23 heavy (non-hydrogen) atoms. The zero-order valence-electron chi connectivity index (χ0n) is 12.1. The summed E-state index contributed by atoms with van der Waals surface area (Å²) in [6, 6.07) is 10.8. The van der Waals surface area contributed by atoms with Gasteiger partial charge >= 0.3 is 0 Å². The number of pyridine rings is 3. The Hall–Kier alpha value is -3.48. The third kappa shape index (κ3) is 4.24. The van der Waals surface area contributed by atoms with Gasteiger partial charge in [0.25, 0.3) is 0 Å². The van der Waals surface area contributed by atoms with Gasteiger partial charge in [-0.15, -0.1) is 10.2 Å². The van der Waals surface area contributed by atoms with Crippen molar-refractivity contribution in [1.82, 2.24) is 15.0 Å². The van der Waals surface area contributed by atoms with Crippen LogP contribution < -0.4 is 5.43 Å². The molecule has 0 aliphatic carbocycles. The predicted octanol–water partition coefficient (Wildman–Crippen LogP) is 3.43. The van der Waals surface area contributed by atoms with E-state index in [1.54, 1.807) is 49.3 Å². The second-order valence-corrected chi connectivity index (χ2v) is 4.42. The molecule has 0 unspecified atom stereocenters. The molecule has 0 amide bonds. The number of hydrogen-bond acceptors (Lipinski definition) is 6. The molecule has 7 nitrogen and oxygen atoms in total. The molecule has 0 saturated heterocycles. The van der Waals surface area contributed by atoms with Crippen molar-refractivity contribution in [3.63, 3.8) is 0 Å². The number of aromatic nitrogens is 3. The van der Waals surface area contributed by atoms with Crippen LogP contribution in [0.2, 0.25) is 0 Å². The van der Waals surface area contributed by atoms with Gasteiger partial charge < -0.3 is 0 Å². The Balaban J connectivity index is 1.86. The van der Waals surface area contributed by atoms with Crippen molar-refractivity contribution >= 4 is 17.2 Å². The van der Waals surface area contributed by atoms with E-state index in [-0.39, 0.29) is 0 Å². The van der Waals surface area contributed by atoms with Crippen molar-refractivity contribution in [2.24, 2.45) is 15.3 Å². The first-order valence-electron chi connectivity index (χ1n) is 6.88. The largest absolute Gasteiger partial charge is 0.276 e. The zero-order valence-corrected chi connectivity index (χ0v) is 12.1. The van der Waals surface area contributed by atoms with Crippen molar-refractivity contribution in [1.29, 1.82) is 0 Å². The molecule has 3 aromatic rings. The number of hydrogen-bond donors (Lipinski definition) is 1. The summed E-state index contributed by atoms with van der Waals surface area (Å²) in [7, 11) is 0. The van der Waals surface area contributed by atoms with Gasteiger partial charge in [0.15, 0.2) is 0 Å². The lowest BCUT2D eigenvalue weighted by Crippen LogP contribution is -2.01. The van der Waals surface area contributed by atoms with E-state index < -0.39 is 0 Å². The summed E-state index contributed by atoms with van der Waals surface area (Å²) in [5.74, 6) is 0.445. The molecule has 0 atom stereocenters. The summed E-state index contributed by atoms with van der Waals surface area (Å²) >= 11 is 0. The van der Waals surface area contributed by atoms with E-state index >= 15 is 0 Å². The molecule has 112 valence electrons. The minimum atomic E-state index is 0.445. The second-order valence-electron chi connectivity index (χ2n) is 4.42. The molecule has 7 heteroatoms. The van der Waals surface area contributed by atoms with Gasteiger partial charge in [-0.3, -0.25) is 20.4 Å². The quantitative estimate of drug-likeness (QED) is 0.346. The number of nitrogens with one attached hydrogen (secondary N) is 1. The van der Waals surface area contributed by atoms with Crippen LogP contribution in [0, 0.1) is 0 Å². The number of amidine groups is 1. The number of anilines is 1. The van der Waals surface area contributed by atoms with Gasteiger partial charge in [0.1, 0.15) is 0 Å². The third-order valence-corrected chi connectivity index (χ3v) is 2.83. The fraction of sp³-hybridized carbons (Fsp3) is 0. The fourth-order valence-electron chi connectivity index (χ4n) is 1.71. The number of nitrogens with zero attached hydrogens (tertiary/aromatic N) is 6. The molecule has 0 bridgehead atoms. The van der Waals surface area contributed by atoms with Gasteiger partial charge in [0, 0.05) is 42.7 Å². The topological polar surface area (TPSA) is 87.8 Å². The third-order valence-electron chi connectivity index (χ3n) is 2.83. The van der Waals surface area contributed by atoms with Gasteiger partial charge in [-0.2, -0.15) is 5.10 Å². The maximum absolute atomic E-state index is 4.31. The highest BCUT2D eigenvalue weighted by Gasteiger charge is 2.02. The van der Waals surface area contributed by atoms with Crippen molar-refractivity contribution in [2.45, 2.75) is 0 Å². The molecule has 3 aromatic heterocycles.